The topological polar surface area (TPSA) is 82.7 Å². The van der Waals surface area contributed by atoms with Crippen molar-refractivity contribution in [3.05, 3.63) is 36.4 Å². The first-order chi connectivity index (χ1) is 13.5. The summed E-state index contributed by atoms with van der Waals surface area (Å²) in [5.74, 6) is 0.0958. The van der Waals surface area contributed by atoms with Gasteiger partial charge in [-0.05, 0) is 18.2 Å². The van der Waals surface area contributed by atoms with Crippen LogP contribution in [0, 0.1) is 0 Å². The maximum Gasteiger partial charge on any atom is 0.433 e. The van der Waals surface area contributed by atoms with E-state index in [1.54, 1.807) is 31.1 Å². The Kier molecular flexibility index (Phi) is 4.19. The number of rotatable bonds is 3. The Hall–Kier alpha value is -2.95. The van der Waals surface area contributed by atoms with Crippen LogP contribution < -0.4 is 0 Å². The summed E-state index contributed by atoms with van der Waals surface area (Å²) in [6, 6.07) is 3.97. The molecule has 0 saturated carbocycles. The first-order valence-electron chi connectivity index (χ1n) is 8.61. The average Bonchev–Trinajstić information content (AvgIpc) is 3.20. The van der Waals surface area contributed by atoms with Gasteiger partial charge in [0.25, 0.3) is 0 Å². The number of alkyl halides is 3. The van der Waals surface area contributed by atoms with Gasteiger partial charge in [-0.2, -0.15) is 13.2 Å². The van der Waals surface area contributed by atoms with Gasteiger partial charge in [0.15, 0.2) is 9.84 Å². The second kappa shape index (κ2) is 6.28. The molecule has 29 heavy (non-hydrogen) atoms. The molecule has 3 aromatic heterocycles. The molecule has 7 nitrogen and oxygen atoms in total. The number of fused-ring (bicyclic) bond motifs is 2. The highest BCUT2D eigenvalue weighted by atomic mass is 32.2. The molecule has 0 N–H and O–H groups in total. The fraction of sp³-hybridized carbons (Fsp3) is 0.278. The Morgan fingerprint density at radius 2 is 1.76 bits per heavy atom. The summed E-state index contributed by atoms with van der Waals surface area (Å²) in [6.07, 6.45) is -1.95. The van der Waals surface area contributed by atoms with E-state index in [1.807, 2.05) is 0 Å². The molecule has 0 atom stereocenters. The molecular weight excluding hydrogens is 407 g/mol. The van der Waals surface area contributed by atoms with E-state index in [9.17, 15) is 21.6 Å². The van der Waals surface area contributed by atoms with E-state index >= 15 is 0 Å². The lowest BCUT2D eigenvalue weighted by Gasteiger charge is -2.10. The van der Waals surface area contributed by atoms with Gasteiger partial charge >= 0.3 is 6.18 Å². The number of sulfone groups is 1. The molecule has 0 aliphatic rings. The Balaban J connectivity index is 2.05. The molecule has 4 aromatic rings. The van der Waals surface area contributed by atoms with E-state index in [2.05, 4.69) is 15.0 Å². The van der Waals surface area contributed by atoms with E-state index in [4.69, 9.17) is 0 Å². The van der Waals surface area contributed by atoms with Crippen molar-refractivity contribution in [1.29, 1.82) is 0 Å². The molecule has 11 heteroatoms. The zero-order valence-electron chi connectivity index (χ0n) is 15.7. The summed E-state index contributed by atoms with van der Waals surface area (Å²) >= 11 is 0. The second-order valence-corrected chi connectivity index (χ2v) is 8.89. The number of nitrogens with zero attached hydrogens (tertiary/aromatic N) is 5. The third-order valence-corrected chi connectivity index (χ3v) is 6.61. The summed E-state index contributed by atoms with van der Waals surface area (Å²) in [5, 5.41) is 0. The predicted octanol–water partition coefficient (Wildman–Crippen LogP) is 3.33. The van der Waals surface area contributed by atoms with E-state index in [0.717, 1.165) is 12.3 Å². The van der Waals surface area contributed by atoms with Crippen molar-refractivity contribution in [3.8, 4) is 11.4 Å². The van der Waals surface area contributed by atoms with E-state index in [-0.39, 0.29) is 22.0 Å². The highest BCUT2D eigenvalue weighted by Gasteiger charge is 2.33. The van der Waals surface area contributed by atoms with Gasteiger partial charge in [-0.15, -0.1) is 0 Å². The zero-order chi connectivity index (χ0) is 21.1. The number of hydrogen-bond donors (Lipinski definition) is 0. The van der Waals surface area contributed by atoms with Crippen LogP contribution in [0.2, 0.25) is 0 Å². The van der Waals surface area contributed by atoms with Gasteiger partial charge in [-0.1, -0.05) is 6.92 Å². The molecular formula is C18H16F3N5O2S. The summed E-state index contributed by atoms with van der Waals surface area (Å²) in [5.41, 5.74) is 0.861. The molecule has 0 radical (unpaired) electrons. The van der Waals surface area contributed by atoms with Crippen LogP contribution >= 0.6 is 0 Å². The Morgan fingerprint density at radius 1 is 1.03 bits per heavy atom. The Bertz CT molecular complexity index is 1370. The quantitative estimate of drug-likeness (QED) is 0.505. The van der Waals surface area contributed by atoms with Crippen molar-refractivity contribution >= 4 is 31.9 Å². The first kappa shape index (κ1) is 19.4. The lowest BCUT2D eigenvalue weighted by molar-refractivity contribution is -0.141. The number of aromatic nitrogens is 5. The van der Waals surface area contributed by atoms with Crippen LogP contribution in [0.15, 0.2) is 35.6 Å². The minimum Gasteiger partial charge on any atom is -0.334 e. The molecule has 0 amide bonds. The van der Waals surface area contributed by atoms with Crippen molar-refractivity contribution in [2.75, 3.05) is 5.75 Å². The standard InChI is InChI=1S/C18H16F3N5O2S/c1-4-29(27,28)15-6-11-13(25(2)9-23-11)5-10(15)17-24-12-7-16(18(19,20)21)22-8-14(12)26(17)3/h5-9H,4H2,1-3H3. The van der Waals surface area contributed by atoms with Gasteiger partial charge in [-0.3, -0.25) is 0 Å². The third kappa shape index (κ3) is 3.05. The van der Waals surface area contributed by atoms with Crippen LogP contribution in [-0.2, 0) is 30.1 Å². The van der Waals surface area contributed by atoms with Crippen LogP contribution in [0.5, 0.6) is 0 Å². The van der Waals surface area contributed by atoms with E-state index in [1.165, 1.54) is 17.6 Å². The first-order valence-corrected chi connectivity index (χ1v) is 10.3. The summed E-state index contributed by atoms with van der Waals surface area (Å²) in [7, 11) is -0.271. The number of halogens is 3. The lowest BCUT2D eigenvalue weighted by atomic mass is 10.2. The maximum absolute atomic E-state index is 13.0. The van der Waals surface area contributed by atoms with E-state index in [0.29, 0.717) is 22.1 Å². The molecule has 4 rings (SSSR count). The maximum atomic E-state index is 13.0. The number of pyridine rings is 1. The number of imidazole rings is 2. The smallest absolute Gasteiger partial charge is 0.334 e. The zero-order valence-corrected chi connectivity index (χ0v) is 16.5. The van der Waals surface area contributed by atoms with Crippen LogP contribution in [-0.4, -0.2) is 38.3 Å². The van der Waals surface area contributed by atoms with Crippen molar-refractivity contribution < 1.29 is 21.6 Å². The highest BCUT2D eigenvalue weighted by molar-refractivity contribution is 7.91. The van der Waals surface area contributed by atoms with Gasteiger partial charge in [0, 0.05) is 19.7 Å². The summed E-state index contributed by atoms with van der Waals surface area (Å²) in [4.78, 5) is 12.0. The normalized spacial score (nSPS) is 12.9. The molecule has 0 bridgehead atoms. The molecule has 0 aliphatic carbocycles. The van der Waals surface area contributed by atoms with Crippen LogP contribution in [0.1, 0.15) is 12.6 Å². The number of aryl methyl sites for hydroxylation is 2. The summed E-state index contributed by atoms with van der Waals surface area (Å²) in [6.45, 7) is 1.52. The monoisotopic (exact) mass is 423 g/mol. The molecule has 0 fully saturated rings. The predicted molar refractivity (Wildman–Crippen MR) is 101 cm³/mol. The highest BCUT2D eigenvalue weighted by Crippen LogP contribution is 2.34. The number of hydrogen-bond acceptors (Lipinski definition) is 5. The molecule has 0 spiro atoms. The minimum atomic E-state index is -4.60. The Labute approximate surface area is 163 Å². The fourth-order valence-electron chi connectivity index (χ4n) is 3.23. The Morgan fingerprint density at radius 3 is 2.41 bits per heavy atom. The molecule has 0 unspecified atom stereocenters. The van der Waals surface area contributed by atoms with Crippen molar-refractivity contribution in [1.82, 2.24) is 24.1 Å². The van der Waals surface area contributed by atoms with Crippen LogP contribution in [0.25, 0.3) is 33.5 Å². The molecule has 1 aromatic carbocycles. The largest absolute Gasteiger partial charge is 0.433 e. The van der Waals surface area contributed by atoms with E-state index < -0.39 is 21.7 Å². The second-order valence-electron chi connectivity index (χ2n) is 6.65. The van der Waals surface area contributed by atoms with Gasteiger partial charge < -0.3 is 9.13 Å². The minimum absolute atomic E-state index is 0.0358. The van der Waals surface area contributed by atoms with Crippen molar-refractivity contribution in [3.63, 3.8) is 0 Å². The average molecular weight is 423 g/mol. The molecule has 152 valence electrons. The van der Waals surface area contributed by atoms with Crippen molar-refractivity contribution in [2.24, 2.45) is 14.1 Å². The summed E-state index contributed by atoms with van der Waals surface area (Å²) < 4.78 is 67.7. The van der Waals surface area contributed by atoms with Gasteiger partial charge in [0.1, 0.15) is 11.5 Å². The van der Waals surface area contributed by atoms with Crippen LogP contribution in [0.4, 0.5) is 13.2 Å². The number of benzene rings is 1. The van der Waals surface area contributed by atoms with Crippen molar-refractivity contribution in [2.45, 2.75) is 18.0 Å². The molecule has 0 saturated heterocycles. The molecule has 3 heterocycles. The van der Waals surface area contributed by atoms with Gasteiger partial charge in [-0.25, -0.2) is 23.4 Å². The third-order valence-electron chi connectivity index (χ3n) is 4.84. The molecule has 0 aliphatic heterocycles. The van der Waals surface area contributed by atoms with Gasteiger partial charge in [0.2, 0.25) is 0 Å². The van der Waals surface area contributed by atoms with Crippen LogP contribution in [0.3, 0.4) is 0 Å². The SMILES string of the molecule is CCS(=O)(=O)c1cc2ncn(C)c2cc1-c1nc2cc(C(F)(F)F)ncc2n1C. The fourth-order valence-corrected chi connectivity index (χ4v) is 4.31. The van der Waals surface area contributed by atoms with Gasteiger partial charge in [0.05, 0.1) is 45.2 Å². The lowest BCUT2D eigenvalue weighted by Crippen LogP contribution is -2.08.